The van der Waals surface area contributed by atoms with Crippen molar-refractivity contribution >= 4 is 6.08 Å². The van der Waals surface area contributed by atoms with Gasteiger partial charge in [0.05, 0.1) is 0 Å². The molecule has 5 heteroatoms. The molecule has 1 fully saturated rings. The molecule has 0 bridgehead atoms. The number of aromatic nitrogens is 1. The van der Waals surface area contributed by atoms with Crippen molar-refractivity contribution in [2.75, 3.05) is 0 Å². The molecule has 2 aliphatic rings. The number of pyridine rings is 1. The van der Waals surface area contributed by atoms with Crippen LogP contribution in [0.3, 0.4) is 0 Å². The molecule has 0 amide bonds. The first-order valence-electron chi connectivity index (χ1n) is 10.0. The first-order valence-corrected chi connectivity index (χ1v) is 10.0. The number of aliphatic hydroxyl groups is 1. The van der Waals surface area contributed by atoms with Crippen LogP contribution in [0, 0.1) is 11.3 Å². The van der Waals surface area contributed by atoms with Gasteiger partial charge in [-0.05, 0) is 60.6 Å². The summed E-state index contributed by atoms with van der Waals surface area (Å²) < 4.78 is 42.1. The van der Waals surface area contributed by atoms with E-state index < -0.39 is 23.6 Å². The molecule has 3 rings (SSSR count). The highest BCUT2D eigenvalue weighted by molar-refractivity contribution is 5.58. The van der Waals surface area contributed by atoms with Crippen LogP contribution in [0.1, 0.15) is 75.6 Å². The molecule has 0 radical (unpaired) electrons. The van der Waals surface area contributed by atoms with Crippen LogP contribution < -0.4 is 0 Å². The third-order valence-corrected chi connectivity index (χ3v) is 6.46. The van der Waals surface area contributed by atoms with Crippen molar-refractivity contribution in [1.82, 2.24) is 4.98 Å². The molecule has 27 heavy (non-hydrogen) atoms. The molecule has 1 N–H and O–H groups in total. The van der Waals surface area contributed by atoms with Crippen LogP contribution in [0.25, 0.3) is 6.08 Å². The standard InChI is InChI=1S/C22H30F3NO/c1-20(2,17-8-4-3-5-9-17)15-21(27,22(23,24)25)14-16-12-13-26-19-11-7-6-10-18(16)19/h6,10,12-13,17,27H,3-5,7-9,11,14-15H2,1-2H3. The Balaban J connectivity index is 1.89. The van der Waals surface area contributed by atoms with E-state index in [1.807, 2.05) is 26.0 Å². The Hall–Kier alpha value is -1.36. The molecule has 0 spiro atoms. The van der Waals surface area contributed by atoms with Crippen molar-refractivity contribution in [2.24, 2.45) is 11.3 Å². The zero-order valence-corrected chi connectivity index (χ0v) is 16.3. The van der Waals surface area contributed by atoms with Gasteiger partial charge >= 0.3 is 6.18 Å². The molecule has 2 nitrogen and oxygen atoms in total. The van der Waals surface area contributed by atoms with Gasteiger partial charge in [0.25, 0.3) is 0 Å². The van der Waals surface area contributed by atoms with Crippen LogP contribution in [0.4, 0.5) is 13.2 Å². The molecule has 1 heterocycles. The zero-order valence-electron chi connectivity index (χ0n) is 16.3. The van der Waals surface area contributed by atoms with Crippen LogP contribution in [0.15, 0.2) is 18.3 Å². The molecular weight excluding hydrogens is 351 g/mol. The normalized spacial score (nSPS) is 21.0. The smallest absolute Gasteiger partial charge is 0.380 e. The van der Waals surface area contributed by atoms with E-state index in [4.69, 9.17) is 0 Å². The van der Waals surface area contributed by atoms with Gasteiger partial charge in [-0.3, -0.25) is 4.98 Å². The maximum Gasteiger partial charge on any atom is 0.417 e. The predicted octanol–water partition coefficient (Wildman–Crippen LogP) is 5.87. The van der Waals surface area contributed by atoms with E-state index in [9.17, 15) is 18.3 Å². The van der Waals surface area contributed by atoms with Crippen LogP contribution in [-0.4, -0.2) is 21.9 Å². The highest BCUT2D eigenvalue weighted by atomic mass is 19.4. The Kier molecular flexibility index (Phi) is 5.72. The Bertz CT molecular complexity index is 689. The second kappa shape index (κ2) is 7.57. The van der Waals surface area contributed by atoms with Gasteiger partial charge in [-0.2, -0.15) is 13.2 Å². The minimum atomic E-state index is -4.67. The lowest BCUT2D eigenvalue weighted by atomic mass is 9.65. The third kappa shape index (κ3) is 4.39. The van der Waals surface area contributed by atoms with Gasteiger partial charge in [-0.25, -0.2) is 0 Å². The van der Waals surface area contributed by atoms with E-state index in [-0.39, 0.29) is 12.3 Å². The van der Waals surface area contributed by atoms with E-state index in [1.54, 1.807) is 12.3 Å². The SMILES string of the molecule is CC(C)(CC(O)(Cc1ccnc2c1C=CCC2)C(F)(F)F)C1CCCCC1. The summed E-state index contributed by atoms with van der Waals surface area (Å²) in [6.45, 7) is 3.78. The van der Waals surface area contributed by atoms with Gasteiger partial charge in [0.15, 0.2) is 5.60 Å². The molecule has 0 saturated heterocycles. The monoisotopic (exact) mass is 381 g/mol. The van der Waals surface area contributed by atoms with Gasteiger partial charge in [-0.15, -0.1) is 0 Å². The Labute approximate surface area is 159 Å². The van der Waals surface area contributed by atoms with Gasteiger partial charge < -0.3 is 5.11 Å². The van der Waals surface area contributed by atoms with E-state index in [0.29, 0.717) is 5.56 Å². The van der Waals surface area contributed by atoms with Crippen molar-refractivity contribution in [3.05, 3.63) is 35.2 Å². The average molecular weight is 381 g/mol. The fourth-order valence-electron chi connectivity index (χ4n) is 4.90. The molecule has 0 aromatic carbocycles. The van der Waals surface area contributed by atoms with Gasteiger partial charge in [0.2, 0.25) is 0 Å². The molecule has 1 aromatic heterocycles. The maximum atomic E-state index is 14.0. The Morgan fingerprint density at radius 3 is 2.52 bits per heavy atom. The molecule has 1 aromatic rings. The second-order valence-electron chi connectivity index (χ2n) is 8.98. The number of alkyl halides is 3. The minimum absolute atomic E-state index is 0.228. The Morgan fingerprint density at radius 2 is 1.85 bits per heavy atom. The van der Waals surface area contributed by atoms with Gasteiger partial charge in [-0.1, -0.05) is 45.3 Å². The number of halogens is 3. The first kappa shape index (κ1) is 20.4. The van der Waals surface area contributed by atoms with E-state index in [0.717, 1.165) is 56.2 Å². The lowest BCUT2D eigenvalue weighted by molar-refractivity contribution is -0.271. The molecule has 2 aliphatic carbocycles. The van der Waals surface area contributed by atoms with Gasteiger partial charge in [0.1, 0.15) is 0 Å². The molecule has 0 aliphatic heterocycles. The van der Waals surface area contributed by atoms with E-state index >= 15 is 0 Å². The third-order valence-electron chi connectivity index (χ3n) is 6.46. The maximum absolute atomic E-state index is 14.0. The summed E-state index contributed by atoms with van der Waals surface area (Å²) in [6.07, 6.45) is 6.81. The van der Waals surface area contributed by atoms with Gasteiger partial charge in [0, 0.05) is 18.3 Å². The average Bonchev–Trinajstić information content (AvgIpc) is 2.61. The zero-order chi connectivity index (χ0) is 19.7. The van der Waals surface area contributed by atoms with E-state index in [1.165, 1.54) is 0 Å². The lowest BCUT2D eigenvalue weighted by Crippen LogP contribution is -2.51. The number of allylic oxidation sites excluding steroid dienone is 1. The molecular formula is C22H30F3NO. The van der Waals surface area contributed by atoms with Crippen molar-refractivity contribution in [3.63, 3.8) is 0 Å². The van der Waals surface area contributed by atoms with E-state index in [2.05, 4.69) is 4.98 Å². The summed E-state index contributed by atoms with van der Waals surface area (Å²) in [6, 6.07) is 1.62. The van der Waals surface area contributed by atoms with Crippen LogP contribution >= 0.6 is 0 Å². The summed E-state index contributed by atoms with van der Waals surface area (Å²) in [5.41, 5.74) is -1.18. The van der Waals surface area contributed by atoms with Crippen molar-refractivity contribution < 1.29 is 18.3 Å². The number of hydrogen-bond donors (Lipinski definition) is 1. The summed E-state index contributed by atoms with van der Waals surface area (Å²) in [5, 5.41) is 10.9. The van der Waals surface area contributed by atoms with Crippen molar-refractivity contribution in [1.29, 1.82) is 0 Å². The fraction of sp³-hybridized carbons (Fsp3) is 0.682. The number of fused-ring (bicyclic) bond motifs is 1. The number of aryl methyl sites for hydroxylation is 1. The number of hydrogen-bond acceptors (Lipinski definition) is 2. The summed E-state index contributed by atoms with van der Waals surface area (Å²) >= 11 is 0. The molecule has 150 valence electrons. The predicted molar refractivity (Wildman–Crippen MR) is 101 cm³/mol. The minimum Gasteiger partial charge on any atom is -0.380 e. The van der Waals surface area contributed by atoms with Crippen LogP contribution in [0.2, 0.25) is 0 Å². The van der Waals surface area contributed by atoms with Crippen molar-refractivity contribution in [3.8, 4) is 0 Å². The van der Waals surface area contributed by atoms with Crippen molar-refractivity contribution in [2.45, 2.75) is 83.4 Å². The Morgan fingerprint density at radius 1 is 1.15 bits per heavy atom. The quantitative estimate of drug-likeness (QED) is 0.691. The summed E-state index contributed by atoms with van der Waals surface area (Å²) in [7, 11) is 0. The first-order chi connectivity index (χ1) is 12.6. The highest BCUT2D eigenvalue weighted by Gasteiger charge is 2.56. The number of rotatable bonds is 5. The topological polar surface area (TPSA) is 33.1 Å². The highest BCUT2D eigenvalue weighted by Crippen LogP contribution is 2.48. The fourth-order valence-corrected chi connectivity index (χ4v) is 4.90. The van der Waals surface area contributed by atoms with Crippen LogP contribution in [-0.2, 0) is 12.8 Å². The molecule has 1 saturated carbocycles. The number of nitrogens with zero attached hydrogens (tertiary/aromatic N) is 1. The largest absolute Gasteiger partial charge is 0.417 e. The molecule has 1 unspecified atom stereocenters. The lowest BCUT2D eigenvalue weighted by Gasteiger charge is -2.43. The summed E-state index contributed by atoms with van der Waals surface area (Å²) in [5.74, 6) is 0.228. The molecule has 1 atom stereocenters. The second-order valence-corrected chi connectivity index (χ2v) is 8.98. The summed E-state index contributed by atoms with van der Waals surface area (Å²) in [4.78, 5) is 4.31. The van der Waals surface area contributed by atoms with Crippen LogP contribution in [0.5, 0.6) is 0 Å².